The number of aliphatic hydroxyl groups excluding tert-OH is 2. The Morgan fingerprint density at radius 2 is 0.653 bits per heavy atom. The highest BCUT2D eigenvalue weighted by Gasteiger charge is 2.20. The number of carbonyl (C=O) groups is 2. The molecule has 0 saturated carbocycles. The minimum Gasteiger partial charge on any atom is -0.466 e. The second kappa shape index (κ2) is 61.9. The largest absolute Gasteiger partial charge is 0.466 e. The van der Waals surface area contributed by atoms with Crippen LogP contribution in [0, 0.1) is 0 Å². The number of ether oxygens (including phenoxy) is 1. The zero-order valence-corrected chi connectivity index (χ0v) is 48.7. The fraction of sp³-hybridized carbons (Fsp3) is 0.909. The third-order valence-electron chi connectivity index (χ3n) is 15.2. The standard InChI is InChI=1S/C66H127NO5/c1-3-5-7-9-11-13-15-17-19-20-21-22-25-28-31-34-38-42-46-50-54-58-64(69)63(62-68)67-65(70)59-55-51-47-43-39-35-32-29-26-23-24-27-30-33-37-41-45-49-53-57-61-72-66(71)60-56-52-48-44-40-36-18-16-14-12-10-8-6-4-2/h16,18,23,26,63-64,68-69H,3-15,17,19-22,24-25,27-62H2,1-2H3,(H,67,70)/b18-16-,26-23-. The van der Waals surface area contributed by atoms with Gasteiger partial charge in [-0.05, 0) is 77.0 Å². The van der Waals surface area contributed by atoms with Crippen molar-refractivity contribution in [3.05, 3.63) is 24.3 Å². The molecule has 2 unspecified atom stereocenters. The molecule has 0 aliphatic carbocycles. The van der Waals surface area contributed by atoms with Crippen LogP contribution in [0.3, 0.4) is 0 Å². The number of esters is 1. The number of hydrogen-bond donors (Lipinski definition) is 3. The Labute approximate surface area is 450 Å². The van der Waals surface area contributed by atoms with Crippen molar-refractivity contribution in [3.8, 4) is 0 Å². The van der Waals surface area contributed by atoms with Crippen LogP contribution in [0.2, 0.25) is 0 Å². The van der Waals surface area contributed by atoms with Gasteiger partial charge in [-0.2, -0.15) is 0 Å². The number of unbranched alkanes of at least 4 members (excludes halogenated alkanes) is 46. The second-order valence-electron chi connectivity index (χ2n) is 22.4. The number of nitrogens with one attached hydrogen (secondary N) is 1. The summed E-state index contributed by atoms with van der Waals surface area (Å²) in [6.45, 7) is 4.96. The number of carbonyl (C=O) groups excluding carboxylic acids is 2. The van der Waals surface area contributed by atoms with Gasteiger partial charge < -0.3 is 20.3 Å². The predicted molar refractivity (Wildman–Crippen MR) is 315 cm³/mol. The first-order valence-electron chi connectivity index (χ1n) is 32.6. The smallest absolute Gasteiger partial charge is 0.305 e. The van der Waals surface area contributed by atoms with Gasteiger partial charge in [0, 0.05) is 12.8 Å². The van der Waals surface area contributed by atoms with Crippen molar-refractivity contribution in [3.63, 3.8) is 0 Å². The van der Waals surface area contributed by atoms with Crippen LogP contribution in [-0.4, -0.2) is 47.4 Å². The molecule has 6 nitrogen and oxygen atoms in total. The maximum absolute atomic E-state index is 12.5. The molecule has 0 aliphatic rings. The van der Waals surface area contributed by atoms with Gasteiger partial charge in [0.1, 0.15) is 0 Å². The highest BCUT2D eigenvalue weighted by atomic mass is 16.5. The van der Waals surface area contributed by atoms with E-state index in [2.05, 4.69) is 43.5 Å². The lowest BCUT2D eigenvalue weighted by Crippen LogP contribution is -2.45. The molecule has 0 aliphatic heterocycles. The first-order chi connectivity index (χ1) is 35.5. The SMILES string of the molecule is CCCCCCC/C=C\CCCCCCCC(=O)OCCCCCCCCCCC/C=C\CCCCCCCCCC(=O)NC(CO)C(O)CCCCCCCCCCCCCCCCCCCCCCC. The van der Waals surface area contributed by atoms with Gasteiger partial charge in [-0.25, -0.2) is 0 Å². The number of allylic oxidation sites excluding steroid dienone is 4. The highest BCUT2D eigenvalue weighted by Crippen LogP contribution is 2.18. The molecule has 426 valence electrons. The Balaban J connectivity index is 3.43. The summed E-state index contributed by atoms with van der Waals surface area (Å²) in [7, 11) is 0. The molecule has 0 bridgehead atoms. The quantitative estimate of drug-likeness (QED) is 0.0320. The maximum atomic E-state index is 12.5. The van der Waals surface area contributed by atoms with Gasteiger partial charge in [-0.1, -0.05) is 295 Å². The van der Waals surface area contributed by atoms with Crippen molar-refractivity contribution in [2.45, 2.75) is 373 Å². The summed E-state index contributed by atoms with van der Waals surface area (Å²) >= 11 is 0. The zero-order chi connectivity index (χ0) is 52.2. The summed E-state index contributed by atoms with van der Waals surface area (Å²) in [6.07, 6.45) is 76.2. The molecule has 0 radical (unpaired) electrons. The molecule has 0 aromatic carbocycles. The van der Waals surface area contributed by atoms with Gasteiger partial charge in [-0.3, -0.25) is 9.59 Å². The lowest BCUT2D eigenvalue weighted by Gasteiger charge is -2.22. The number of hydrogen-bond acceptors (Lipinski definition) is 5. The van der Waals surface area contributed by atoms with Crippen LogP contribution in [-0.2, 0) is 14.3 Å². The Morgan fingerprint density at radius 1 is 0.375 bits per heavy atom. The Bertz CT molecular complexity index is 1120. The van der Waals surface area contributed by atoms with Crippen LogP contribution in [0.15, 0.2) is 24.3 Å². The third-order valence-corrected chi connectivity index (χ3v) is 15.2. The molecule has 1 amide bonds. The van der Waals surface area contributed by atoms with E-state index in [1.165, 1.54) is 283 Å². The van der Waals surface area contributed by atoms with Crippen molar-refractivity contribution >= 4 is 11.9 Å². The minimum absolute atomic E-state index is 0.00160. The molecule has 0 aromatic rings. The molecule has 6 heteroatoms. The van der Waals surface area contributed by atoms with Gasteiger partial charge in [0.25, 0.3) is 0 Å². The molecule has 72 heavy (non-hydrogen) atoms. The van der Waals surface area contributed by atoms with Gasteiger partial charge in [0.05, 0.1) is 25.4 Å². The average Bonchev–Trinajstić information content (AvgIpc) is 3.38. The fourth-order valence-electron chi connectivity index (χ4n) is 10.2. The van der Waals surface area contributed by atoms with E-state index in [0.717, 1.165) is 44.9 Å². The van der Waals surface area contributed by atoms with Crippen LogP contribution >= 0.6 is 0 Å². The number of amides is 1. The topological polar surface area (TPSA) is 95.9 Å². The van der Waals surface area contributed by atoms with E-state index in [1.54, 1.807) is 0 Å². The molecule has 2 atom stereocenters. The first-order valence-corrected chi connectivity index (χ1v) is 32.6. The summed E-state index contributed by atoms with van der Waals surface area (Å²) in [5.41, 5.74) is 0. The molecule has 0 spiro atoms. The lowest BCUT2D eigenvalue weighted by atomic mass is 10.0. The molecule has 3 N–H and O–H groups in total. The van der Waals surface area contributed by atoms with E-state index in [9.17, 15) is 19.8 Å². The third kappa shape index (κ3) is 57.6. The van der Waals surface area contributed by atoms with Crippen LogP contribution in [0.25, 0.3) is 0 Å². The summed E-state index contributed by atoms with van der Waals surface area (Å²) in [4.78, 5) is 24.6. The molecule has 0 aromatic heterocycles. The van der Waals surface area contributed by atoms with Gasteiger partial charge >= 0.3 is 5.97 Å². The molecule has 0 rings (SSSR count). The summed E-state index contributed by atoms with van der Waals surface area (Å²) in [6, 6.07) is -0.549. The van der Waals surface area contributed by atoms with E-state index in [0.29, 0.717) is 25.9 Å². The summed E-state index contributed by atoms with van der Waals surface area (Å²) in [5.74, 6) is -0.0418. The average molecular weight is 1010 g/mol. The lowest BCUT2D eigenvalue weighted by molar-refractivity contribution is -0.143. The molecular formula is C66H127NO5. The second-order valence-corrected chi connectivity index (χ2v) is 22.4. The van der Waals surface area contributed by atoms with Crippen molar-refractivity contribution in [2.24, 2.45) is 0 Å². The molecular weight excluding hydrogens is 887 g/mol. The minimum atomic E-state index is -0.671. The van der Waals surface area contributed by atoms with E-state index in [1.807, 2.05) is 0 Å². The molecule has 0 saturated heterocycles. The summed E-state index contributed by atoms with van der Waals surface area (Å²) in [5, 5.41) is 23.4. The van der Waals surface area contributed by atoms with Gasteiger partial charge in [0.2, 0.25) is 5.91 Å². The van der Waals surface area contributed by atoms with Crippen molar-refractivity contribution in [1.82, 2.24) is 5.32 Å². The van der Waals surface area contributed by atoms with Crippen molar-refractivity contribution < 1.29 is 24.5 Å². The van der Waals surface area contributed by atoms with Crippen molar-refractivity contribution in [1.29, 1.82) is 0 Å². The van der Waals surface area contributed by atoms with E-state index < -0.39 is 12.1 Å². The van der Waals surface area contributed by atoms with Gasteiger partial charge in [0.15, 0.2) is 0 Å². The predicted octanol–water partition coefficient (Wildman–Crippen LogP) is 20.6. The van der Waals surface area contributed by atoms with Crippen LogP contribution in [0.5, 0.6) is 0 Å². The number of rotatable bonds is 61. The Hall–Kier alpha value is -1.66. The fourth-order valence-corrected chi connectivity index (χ4v) is 10.2. The zero-order valence-electron chi connectivity index (χ0n) is 48.7. The van der Waals surface area contributed by atoms with Gasteiger partial charge in [-0.15, -0.1) is 0 Å². The highest BCUT2D eigenvalue weighted by molar-refractivity contribution is 5.76. The van der Waals surface area contributed by atoms with Crippen molar-refractivity contribution in [2.75, 3.05) is 13.2 Å². The Morgan fingerprint density at radius 3 is 0.986 bits per heavy atom. The van der Waals surface area contributed by atoms with E-state index in [4.69, 9.17) is 4.74 Å². The number of aliphatic hydroxyl groups is 2. The summed E-state index contributed by atoms with van der Waals surface area (Å²) < 4.78 is 5.47. The molecule has 0 heterocycles. The monoisotopic (exact) mass is 1010 g/mol. The maximum Gasteiger partial charge on any atom is 0.305 e. The van der Waals surface area contributed by atoms with Crippen LogP contribution in [0.4, 0.5) is 0 Å². The Kier molecular flexibility index (Phi) is 60.5. The van der Waals surface area contributed by atoms with Crippen LogP contribution in [0.1, 0.15) is 361 Å². The molecule has 0 fully saturated rings. The van der Waals surface area contributed by atoms with Crippen LogP contribution < -0.4 is 5.32 Å². The first kappa shape index (κ1) is 70.3. The van der Waals surface area contributed by atoms with E-state index >= 15 is 0 Å². The van der Waals surface area contributed by atoms with E-state index in [-0.39, 0.29) is 18.5 Å². The normalized spacial score (nSPS) is 12.7.